The van der Waals surface area contributed by atoms with E-state index in [4.69, 9.17) is 5.73 Å². The SMILES string of the molecule is CCC(C)C(NC(=O)C(N)CS)C(=O)NC(Cc1cnc[nH]1)C(=O)O. The summed E-state index contributed by atoms with van der Waals surface area (Å²) in [5.41, 5.74) is 6.20. The highest BCUT2D eigenvalue weighted by Crippen LogP contribution is 2.09. The summed E-state index contributed by atoms with van der Waals surface area (Å²) in [5, 5.41) is 14.4. The number of carboxylic acids is 1. The summed E-state index contributed by atoms with van der Waals surface area (Å²) in [6.45, 7) is 3.66. The van der Waals surface area contributed by atoms with Crippen LogP contribution in [0.3, 0.4) is 0 Å². The summed E-state index contributed by atoms with van der Waals surface area (Å²) in [4.78, 5) is 42.6. The Morgan fingerprint density at radius 2 is 2.04 bits per heavy atom. The first-order valence-corrected chi connectivity index (χ1v) is 8.60. The number of hydrogen-bond acceptors (Lipinski definition) is 6. The van der Waals surface area contributed by atoms with Gasteiger partial charge in [-0.2, -0.15) is 12.6 Å². The van der Waals surface area contributed by atoms with Crippen molar-refractivity contribution in [1.82, 2.24) is 20.6 Å². The first-order chi connectivity index (χ1) is 11.8. The number of imidazole rings is 1. The number of rotatable bonds is 10. The minimum absolute atomic E-state index is 0.0540. The third-order valence-corrected chi connectivity index (χ3v) is 4.31. The van der Waals surface area contributed by atoms with Crippen molar-refractivity contribution < 1.29 is 19.5 Å². The number of amides is 2. The van der Waals surface area contributed by atoms with E-state index in [-0.39, 0.29) is 18.1 Å². The molecule has 0 aliphatic carbocycles. The number of H-pyrrole nitrogens is 1. The molecule has 1 heterocycles. The van der Waals surface area contributed by atoms with Crippen molar-refractivity contribution in [2.24, 2.45) is 11.7 Å². The van der Waals surface area contributed by atoms with Crippen LogP contribution in [0.25, 0.3) is 0 Å². The second-order valence-electron chi connectivity index (χ2n) is 5.84. The maximum Gasteiger partial charge on any atom is 0.326 e. The van der Waals surface area contributed by atoms with E-state index in [9.17, 15) is 19.5 Å². The number of carbonyl (C=O) groups excluding carboxylic acids is 2. The van der Waals surface area contributed by atoms with Gasteiger partial charge in [0.1, 0.15) is 12.1 Å². The molecule has 4 unspecified atom stereocenters. The van der Waals surface area contributed by atoms with Gasteiger partial charge in [-0.15, -0.1) is 0 Å². The fraction of sp³-hybridized carbons (Fsp3) is 0.600. The zero-order chi connectivity index (χ0) is 19.0. The molecular formula is C15H25N5O4S. The lowest BCUT2D eigenvalue weighted by molar-refractivity contribution is -0.142. The van der Waals surface area contributed by atoms with Crippen LogP contribution >= 0.6 is 12.6 Å². The Bertz CT molecular complexity index is 580. The monoisotopic (exact) mass is 371 g/mol. The van der Waals surface area contributed by atoms with E-state index in [0.717, 1.165) is 0 Å². The van der Waals surface area contributed by atoms with Crippen molar-refractivity contribution in [2.45, 2.75) is 44.8 Å². The number of thiol groups is 1. The van der Waals surface area contributed by atoms with Crippen molar-refractivity contribution in [3.63, 3.8) is 0 Å². The molecule has 0 bridgehead atoms. The van der Waals surface area contributed by atoms with Crippen LogP contribution in [-0.4, -0.2) is 56.7 Å². The first kappa shape index (κ1) is 21.0. The zero-order valence-corrected chi connectivity index (χ0v) is 15.1. The van der Waals surface area contributed by atoms with Crippen molar-refractivity contribution >= 4 is 30.4 Å². The number of hydrogen-bond donors (Lipinski definition) is 6. The predicted octanol–water partition coefficient (Wildman–Crippen LogP) is -0.690. The van der Waals surface area contributed by atoms with Gasteiger partial charge in [-0.25, -0.2) is 9.78 Å². The van der Waals surface area contributed by atoms with Crippen LogP contribution < -0.4 is 16.4 Å². The number of aromatic amines is 1. The maximum atomic E-state index is 12.6. The fourth-order valence-corrected chi connectivity index (χ4v) is 2.29. The van der Waals surface area contributed by atoms with Gasteiger partial charge in [0.05, 0.1) is 12.4 Å². The lowest BCUT2D eigenvalue weighted by Gasteiger charge is -2.26. The van der Waals surface area contributed by atoms with Gasteiger partial charge >= 0.3 is 5.97 Å². The minimum atomic E-state index is -1.18. The Kier molecular flexibility index (Phi) is 8.42. The number of nitrogens with one attached hydrogen (secondary N) is 3. The molecule has 1 aromatic heterocycles. The smallest absolute Gasteiger partial charge is 0.326 e. The van der Waals surface area contributed by atoms with Gasteiger partial charge in [-0.05, 0) is 5.92 Å². The molecule has 9 nitrogen and oxygen atoms in total. The zero-order valence-electron chi connectivity index (χ0n) is 14.2. The Hall–Kier alpha value is -2.07. The summed E-state index contributed by atoms with van der Waals surface area (Å²) >= 11 is 3.96. The van der Waals surface area contributed by atoms with E-state index in [0.29, 0.717) is 12.1 Å². The third-order valence-electron chi connectivity index (χ3n) is 3.92. The van der Waals surface area contributed by atoms with E-state index >= 15 is 0 Å². The molecule has 0 fully saturated rings. The average Bonchev–Trinajstić information content (AvgIpc) is 3.10. The third kappa shape index (κ3) is 6.39. The van der Waals surface area contributed by atoms with Crippen LogP contribution in [0, 0.1) is 5.92 Å². The topological polar surface area (TPSA) is 150 Å². The molecule has 10 heteroatoms. The van der Waals surface area contributed by atoms with Crippen LogP contribution in [0.5, 0.6) is 0 Å². The van der Waals surface area contributed by atoms with Crippen molar-refractivity contribution in [3.8, 4) is 0 Å². The Labute approximate surface area is 151 Å². The second-order valence-corrected chi connectivity index (χ2v) is 6.21. The van der Waals surface area contributed by atoms with Gasteiger partial charge in [0.25, 0.3) is 0 Å². The van der Waals surface area contributed by atoms with Gasteiger partial charge in [0.2, 0.25) is 11.8 Å². The molecule has 0 radical (unpaired) electrons. The fourth-order valence-electron chi connectivity index (χ4n) is 2.12. The van der Waals surface area contributed by atoms with Crippen LogP contribution in [0.2, 0.25) is 0 Å². The average molecular weight is 371 g/mol. The molecule has 0 aromatic carbocycles. The Morgan fingerprint density at radius 3 is 2.52 bits per heavy atom. The van der Waals surface area contributed by atoms with Crippen LogP contribution in [0.4, 0.5) is 0 Å². The van der Waals surface area contributed by atoms with E-state index in [2.05, 4.69) is 33.2 Å². The number of nitrogens with zero attached hydrogens (tertiary/aromatic N) is 1. The van der Waals surface area contributed by atoms with Gasteiger partial charge < -0.3 is 26.5 Å². The first-order valence-electron chi connectivity index (χ1n) is 7.97. The Balaban J connectivity index is 2.83. The van der Waals surface area contributed by atoms with Gasteiger partial charge in [0.15, 0.2) is 0 Å². The normalized spacial score (nSPS) is 15.7. The lowest BCUT2D eigenvalue weighted by Crippen LogP contribution is -2.57. The van der Waals surface area contributed by atoms with E-state index in [1.54, 1.807) is 6.92 Å². The number of carbonyl (C=O) groups is 3. The van der Waals surface area contributed by atoms with E-state index in [1.165, 1.54) is 12.5 Å². The van der Waals surface area contributed by atoms with Crippen molar-refractivity contribution in [3.05, 3.63) is 18.2 Å². The molecule has 6 N–H and O–H groups in total. The second kappa shape index (κ2) is 10.0. The van der Waals surface area contributed by atoms with Gasteiger partial charge in [0, 0.05) is 24.1 Å². The molecule has 4 atom stereocenters. The molecule has 1 rings (SSSR count). The number of aromatic nitrogens is 2. The summed E-state index contributed by atoms with van der Waals surface area (Å²) in [7, 11) is 0. The summed E-state index contributed by atoms with van der Waals surface area (Å²) < 4.78 is 0. The van der Waals surface area contributed by atoms with Crippen molar-refractivity contribution in [2.75, 3.05) is 5.75 Å². The van der Waals surface area contributed by atoms with E-state index in [1.807, 2.05) is 6.92 Å². The molecule has 0 aliphatic rings. The Morgan fingerprint density at radius 1 is 1.36 bits per heavy atom. The van der Waals surface area contributed by atoms with E-state index < -0.39 is 35.9 Å². The summed E-state index contributed by atoms with van der Waals surface area (Å²) in [6.07, 6.45) is 3.59. The van der Waals surface area contributed by atoms with Crippen LogP contribution in [0.1, 0.15) is 26.0 Å². The largest absolute Gasteiger partial charge is 0.480 e. The van der Waals surface area contributed by atoms with Crippen LogP contribution in [0.15, 0.2) is 12.5 Å². The number of nitrogens with two attached hydrogens (primary N) is 1. The molecule has 0 saturated heterocycles. The van der Waals surface area contributed by atoms with Crippen LogP contribution in [-0.2, 0) is 20.8 Å². The molecule has 0 spiro atoms. The minimum Gasteiger partial charge on any atom is -0.480 e. The lowest BCUT2D eigenvalue weighted by atomic mass is 9.97. The maximum absolute atomic E-state index is 12.6. The molecule has 0 saturated carbocycles. The standard InChI is InChI=1S/C15H25N5O4S/c1-3-8(2)12(20-13(21)10(16)6-25)14(22)19-11(15(23)24)4-9-5-17-7-18-9/h5,7-8,10-12,25H,3-4,6,16H2,1-2H3,(H,17,18)(H,19,22)(H,20,21)(H,23,24). The highest BCUT2D eigenvalue weighted by molar-refractivity contribution is 7.80. The molecule has 140 valence electrons. The number of carboxylic acid groups (broad SMARTS) is 1. The van der Waals surface area contributed by atoms with Crippen molar-refractivity contribution in [1.29, 1.82) is 0 Å². The highest BCUT2D eigenvalue weighted by atomic mass is 32.1. The number of aliphatic carboxylic acids is 1. The predicted molar refractivity (Wildman–Crippen MR) is 95.1 cm³/mol. The molecular weight excluding hydrogens is 346 g/mol. The van der Waals surface area contributed by atoms with Gasteiger partial charge in [-0.3, -0.25) is 9.59 Å². The summed E-state index contributed by atoms with van der Waals surface area (Å²) in [5.74, 6) is -2.31. The molecule has 1 aromatic rings. The van der Waals surface area contributed by atoms with Gasteiger partial charge in [-0.1, -0.05) is 20.3 Å². The quantitative estimate of drug-likeness (QED) is 0.300. The molecule has 2 amide bonds. The molecule has 25 heavy (non-hydrogen) atoms. The summed E-state index contributed by atoms with van der Waals surface area (Å²) in [6, 6.07) is -2.87. The molecule has 0 aliphatic heterocycles. The highest BCUT2D eigenvalue weighted by Gasteiger charge is 2.31.